The standard InChI is InChI=1S/C20H27N3O4/c1-15-6-8-16(9-7-15)13-21-11-12-22(14-18(21)24)19(25)17-5-3-4-10-23(17)20(26)27-2/h6-9,17H,3-5,10-14H2,1-2H3/t17-/m0/s1. The Morgan fingerprint density at radius 2 is 1.85 bits per heavy atom. The molecule has 0 aromatic heterocycles. The SMILES string of the molecule is COC(=O)N1CCCC[C@H]1C(=O)N1CCN(Cc2ccc(C)cc2)C(=O)C1. The van der Waals surface area contributed by atoms with Gasteiger partial charge < -0.3 is 14.5 Å². The van der Waals surface area contributed by atoms with Crippen molar-refractivity contribution in [3.63, 3.8) is 0 Å². The van der Waals surface area contributed by atoms with E-state index in [0.29, 0.717) is 32.6 Å². The number of methoxy groups -OCH3 is 1. The summed E-state index contributed by atoms with van der Waals surface area (Å²) >= 11 is 0. The minimum absolute atomic E-state index is 0.0596. The second-order valence-electron chi connectivity index (χ2n) is 7.24. The van der Waals surface area contributed by atoms with Crippen LogP contribution in [0.25, 0.3) is 0 Å². The number of carbonyl (C=O) groups is 3. The summed E-state index contributed by atoms with van der Waals surface area (Å²) in [5.41, 5.74) is 2.26. The van der Waals surface area contributed by atoms with Crippen LogP contribution < -0.4 is 0 Å². The second kappa shape index (κ2) is 8.41. The van der Waals surface area contributed by atoms with E-state index in [2.05, 4.69) is 0 Å². The summed E-state index contributed by atoms with van der Waals surface area (Å²) in [6, 6.07) is 7.59. The molecule has 7 heteroatoms. The number of rotatable bonds is 3. The quantitative estimate of drug-likeness (QED) is 0.810. The lowest BCUT2D eigenvalue weighted by molar-refractivity contribution is -0.149. The van der Waals surface area contributed by atoms with Crippen LogP contribution in [0.4, 0.5) is 4.79 Å². The number of piperidine rings is 1. The Labute approximate surface area is 159 Å². The molecule has 2 heterocycles. The van der Waals surface area contributed by atoms with Crippen molar-refractivity contribution >= 4 is 17.9 Å². The minimum Gasteiger partial charge on any atom is -0.453 e. The lowest BCUT2D eigenvalue weighted by Gasteiger charge is -2.39. The van der Waals surface area contributed by atoms with E-state index in [-0.39, 0.29) is 18.4 Å². The molecule has 3 amide bonds. The molecule has 1 aromatic carbocycles. The summed E-state index contributed by atoms with van der Waals surface area (Å²) < 4.78 is 4.81. The number of nitrogens with zero attached hydrogens (tertiary/aromatic N) is 3. The summed E-state index contributed by atoms with van der Waals surface area (Å²) in [5.74, 6) is -0.209. The van der Waals surface area contributed by atoms with Crippen LogP contribution in [-0.2, 0) is 20.9 Å². The molecule has 7 nitrogen and oxygen atoms in total. The molecule has 146 valence electrons. The topological polar surface area (TPSA) is 70.2 Å². The number of aryl methyl sites for hydroxylation is 1. The minimum atomic E-state index is -0.525. The highest BCUT2D eigenvalue weighted by Crippen LogP contribution is 2.21. The van der Waals surface area contributed by atoms with Crippen molar-refractivity contribution in [2.24, 2.45) is 0 Å². The fourth-order valence-corrected chi connectivity index (χ4v) is 3.71. The Morgan fingerprint density at radius 3 is 2.52 bits per heavy atom. The highest BCUT2D eigenvalue weighted by molar-refractivity contribution is 5.90. The van der Waals surface area contributed by atoms with Gasteiger partial charge in [0.1, 0.15) is 6.04 Å². The molecule has 0 spiro atoms. The van der Waals surface area contributed by atoms with Crippen molar-refractivity contribution in [3.8, 4) is 0 Å². The van der Waals surface area contributed by atoms with Crippen LogP contribution in [0.2, 0.25) is 0 Å². The molecule has 2 fully saturated rings. The Bertz CT molecular complexity index is 704. The van der Waals surface area contributed by atoms with E-state index in [4.69, 9.17) is 4.74 Å². The number of piperazine rings is 1. The third-order valence-corrected chi connectivity index (χ3v) is 5.32. The first-order valence-corrected chi connectivity index (χ1v) is 9.46. The summed E-state index contributed by atoms with van der Waals surface area (Å²) in [6.07, 6.45) is 1.90. The number of likely N-dealkylation sites (tertiary alicyclic amines) is 1. The van der Waals surface area contributed by atoms with E-state index in [9.17, 15) is 14.4 Å². The molecule has 0 saturated carbocycles. The molecule has 0 bridgehead atoms. The van der Waals surface area contributed by atoms with Crippen molar-refractivity contribution in [3.05, 3.63) is 35.4 Å². The zero-order valence-electron chi connectivity index (χ0n) is 16.0. The van der Waals surface area contributed by atoms with E-state index < -0.39 is 12.1 Å². The largest absolute Gasteiger partial charge is 0.453 e. The van der Waals surface area contributed by atoms with Gasteiger partial charge in [-0.15, -0.1) is 0 Å². The van der Waals surface area contributed by atoms with Crippen molar-refractivity contribution in [2.75, 3.05) is 33.3 Å². The molecule has 0 aliphatic carbocycles. The van der Waals surface area contributed by atoms with Crippen LogP contribution in [0.3, 0.4) is 0 Å². The lowest BCUT2D eigenvalue weighted by Crippen LogP contribution is -2.58. The monoisotopic (exact) mass is 373 g/mol. The molecule has 27 heavy (non-hydrogen) atoms. The molecule has 0 N–H and O–H groups in total. The number of hydrogen-bond donors (Lipinski definition) is 0. The van der Waals surface area contributed by atoms with E-state index in [1.807, 2.05) is 31.2 Å². The van der Waals surface area contributed by atoms with Crippen molar-refractivity contribution in [1.82, 2.24) is 14.7 Å². The maximum absolute atomic E-state index is 12.9. The zero-order valence-corrected chi connectivity index (χ0v) is 16.0. The zero-order chi connectivity index (χ0) is 19.4. The third-order valence-electron chi connectivity index (χ3n) is 5.32. The number of hydrogen-bond acceptors (Lipinski definition) is 4. The van der Waals surface area contributed by atoms with Gasteiger partial charge in [0.15, 0.2) is 0 Å². The smallest absolute Gasteiger partial charge is 0.410 e. The highest BCUT2D eigenvalue weighted by atomic mass is 16.5. The molecular formula is C20H27N3O4. The molecule has 1 atom stereocenters. The van der Waals surface area contributed by atoms with Gasteiger partial charge in [0.05, 0.1) is 13.7 Å². The maximum Gasteiger partial charge on any atom is 0.410 e. The van der Waals surface area contributed by atoms with Crippen LogP contribution in [0.5, 0.6) is 0 Å². The third kappa shape index (κ3) is 4.40. The average molecular weight is 373 g/mol. The van der Waals surface area contributed by atoms with Gasteiger partial charge in [0.25, 0.3) is 0 Å². The predicted molar refractivity (Wildman–Crippen MR) is 99.9 cm³/mol. The van der Waals surface area contributed by atoms with Gasteiger partial charge in [-0.05, 0) is 31.7 Å². The number of amides is 3. The molecule has 1 aromatic rings. The molecule has 2 aliphatic heterocycles. The number of carbonyl (C=O) groups excluding carboxylic acids is 3. The Kier molecular flexibility index (Phi) is 5.98. The van der Waals surface area contributed by atoms with Crippen LogP contribution in [0.1, 0.15) is 30.4 Å². The van der Waals surface area contributed by atoms with Crippen LogP contribution in [0.15, 0.2) is 24.3 Å². The van der Waals surface area contributed by atoms with Gasteiger partial charge in [-0.1, -0.05) is 29.8 Å². The Balaban J connectivity index is 1.61. The van der Waals surface area contributed by atoms with Gasteiger partial charge in [-0.25, -0.2) is 4.79 Å². The first-order chi connectivity index (χ1) is 13.0. The van der Waals surface area contributed by atoms with Crippen LogP contribution in [0, 0.1) is 6.92 Å². The first kappa shape index (κ1) is 19.2. The highest BCUT2D eigenvalue weighted by Gasteiger charge is 2.37. The summed E-state index contributed by atoms with van der Waals surface area (Å²) in [6.45, 7) is 4.16. The maximum atomic E-state index is 12.9. The van der Waals surface area contributed by atoms with E-state index in [0.717, 1.165) is 18.4 Å². The van der Waals surface area contributed by atoms with Gasteiger partial charge in [0, 0.05) is 26.2 Å². The molecule has 0 unspecified atom stereocenters. The predicted octanol–water partition coefficient (Wildman–Crippen LogP) is 1.79. The van der Waals surface area contributed by atoms with E-state index >= 15 is 0 Å². The summed E-state index contributed by atoms with van der Waals surface area (Å²) in [7, 11) is 1.33. The fourth-order valence-electron chi connectivity index (χ4n) is 3.71. The van der Waals surface area contributed by atoms with E-state index in [1.165, 1.54) is 17.6 Å². The second-order valence-corrected chi connectivity index (χ2v) is 7.24. The lowest BCUT2D eigenvalue weighted by atomic mass is 10.0. The Hall–Kier alpha value is -2.57. The van der Waals surface area contributed by atoms with Crippen molar-refractivity contribution < 1.29 is 19.1 Å². The summed E-state index contributed by atoms with van der Waals surface area (Å²) in [4.78, 5) is 42.3. The fraction of sp³-hybridized carbons (Fsp3) is 0.550. The number of benzene rings is 1. The average Bonchev–Trinajstić information content (AvgIpc) is 2.70. The van der Waals surface area contributed by atoms with E-state index in [1.54, 1.807) is 9.80 Å². The molecular weight excluding hydrogens is 346 g/mol. The molecule has 0 radical (unpaired) electrons. The number of ether oxygens (including phenoxy) is 1. The molecule has 2 aliphatic rings. The normalized spacial score (nSPS) is 20.6. The van der Waals surface area contributed by atoms with Crippen molar-refractivity contribution in [1.29, 1.82) is 0 Å². The Morgan fingerprint density at radius 1 is 1.11 bits per heavy atom. The van der Waals surface area contributed by atoms with Crippen LogP contribution >= 0.6 is 0 Å². The van der Waals surface area contributed by atoms with Gasteiger partial charge in [-0.3, -0.25) is 14.5 Å². The first-order valence-electron chi connectivity index (χ1n) is 9.46. The molecule has 3 rings (SSSR count). The van der Waals surface area contributed by atoms with Gasteiger partial charge in [-0.2, -0.15) is 0 Å². The van der Waals surface area contributed by atoms with Crippen LogP contribution in [-0.4, -0.2) is 71.9 Å². The van der Waals surface area contributed by atoms with Crippen molar-refractivity contribution in [2.45, 2.75) is 38.8 Å². The molecule has 2 saturated heterocycles. The van der Waals surface area contributed by atoms with Gasteiger partial charge >= 0.3 is 6.09 Å². The van der Waals surface area contributed by atoms with Gasteiger partial charge in [0.2, 0.25) is 11.8 Å². The summed E-state index contributed by atoms with van der Waals surface area (Å²) in [5, 5.41) is 0.